The number of hydrogen-bond acceptors (Lipinski definition) is 4. The van der Waals surface area contributed by atoms with E-state index in [0.717, 1.165) is 18.2 Å². The van der Waals surface area contributed by atoms with E-state index in [2.05, 4.69) is 10.3 Å². The number of carbonyl (C=O) groups excluding carboxylic acids is 1. The van der Waals surface area contributed by atoms with Crippen molar-refractivity contribution in [1.82, 2.24) is 4.98 Å². The molecule has 0 aliphatic heterocycles. The number of amides is 1. The number of pyridine rings is 1. The number of rotatable bonds is 3. The predicted molar refractivity (Wildman–Crippen MR) is 118 cm³/mol. The van der Waals surface area contributed by atoms with Crippen LogP contribution in [0.1, 0.15) is 15.9 Å². The van der Waals surface area contributed by atoms with Crippen molar-refractivity contribution in [3.63, 3.8) is 0 Å². The molecule has 4 rings (SSSR count). The molecule has 0 saturated carbocycles. The Balaban J connectivity index is 2.01. The van der Waals surface area contributed by atoms with Gasteiger partial charge >= 0.3 is 6.18 Å². The number of H-pyrrole nitrogens is 1. The summed E-state index contributed by atoms with van der Waals surface area (Å²) in [7, 11) is 0. The van der Waals surface area contributed by atoms with Crippen LogP contribution in [0, 0.1) is 0 Å². The van der Waals surface area contributed by atoms with E-state index in [1.165, 1.54) is 42.5 Å². The molecule has 0 atom stereocenters. The molecule has 10 heteroatoms. The minimum Gasteiger partial charge on any atom is -0.508 e. The van der Waals surface area contributed by atoms with Crippen LogP contribution in [0.2, 0.25) is 5.02 Å². The fourth-order valence-corrected chi connectivity index (χ4v) is 3.55. The summed E-state index contributed by atoms with van der Waals surface area (Å²) in [5.74, 6) is -1.20. The van der Waals surface area contributed by atoms with Gasteiger partial charge in [0.1, 0.15) is 17.2 Å². The lowest BCUT2D eigenvalue weighted by atomic mass is 9.96. The van der Waals surface area contributed by atoms with E-state index < -0.39 is 23.2 Å². The van der Waals surface area contributed by atoms with E-state index in [1.807, 2.05) is 0 Å². The van der Waals surface area contributed by atoms with Crippen LogP contribution in [0.4, 0.5) is 18.9 Å². The second-order valence-electron chi connectivity index (χ2n) is 7.12. The third kappa shape index (κ3) is 4.35. The van der Waals surface area contributed by atoms with Crippen molar-refractivity contribution in [2.24, 2.45) is 0 Å². The van der Waals surface area contributed by atoms with Crippen LogP contribution in [0.5, 0.6) is 11.5 Å². The van der Waals surface area contributed by atoms with Gasteiger partial charge in [-0.05, 0) is 60.7 Å². The number of hydrogen-bond donors (Lipinski definition) is 4. The van der Waals surface area contributed by atoms with Crippen LogP contribution in [0.25, 0.3) is 22.0 Å². The molecule has 6 nitrogen and oxygen atoms in total. The normalized spacial score (nSPS) is 11.5. The molecule has 4 aromatic rings. The highest BCUT2D eigenvalue weighted by Crippen LogP contribution is 2.41. The molecule has 0 bridgehead atoms. The molecule has 0 radical (unpaired) electrons. The second kappa shape index (κ2) is 8.18. The first-order valence-electron chi connectivity index (χ1n) is 9.41. The third-order valence-corrected chi connectivity index (χ3v) is 5.17. The predicted octanol–water partition coefficient (Wildman–Crippen LogP) is 5.53. The van der Waals surface area contributed by atoms with Crippen LogP contribution in [-0.2, 0) is 6.18 Å². The fourth-order valence-electron chi connectivity index (χ4n) is 3.38. The monoisotopic (exact) mass is 474 g/mol. The molecule has 1 amide bonds. The number of halogens is 4. The lowest BCUT2D eigenvalue weighted by Crippen LogP contribution is -2.21. The summed E-state index contributed by atoms with van der Waals surface area (Å²) in [5.41, 5.74) is -2.20. The molecule has 1 heterocycles. The Morgan fingerprint density at radius 3 is 2.33 bits per heavy atom. The summed E-state index contributed by atoms with van der Waals surface area (Å²) < 4.78 is 40.2. The number of phenols is 2. The Kier molecular flexibility index (Phi) is 5.51. The maximum absolute atomic E-state index is 13.4. The number of aromatic hydroxyl groups is 2. The number of nitrogens with one attached hydrogen (secondary N) is 2. The lowest BCUT2D eigenvalue weighted by Gasteiger charge is -2.16. The quantitative estimate of drug-likeness (QED) is 0.313. The van der Waals surface area contributed by atoms with Crippen molar-refractivity contribution in [2.75, 3.05) is 5.32 Å². The average Bonchev–Trinajstić information content (AvgIpc) is 2.75. The van der Waals surface area contributed by atoms with Crippen molar-refractivity contribution >= 4 is 34.1 Å². The Hall–Kier alpha value is -3.98. The SMILES string of the molecule is O=C(Nc1c(-c2cc(Cl)ccc2O)c2cc(C(F)(F)F)ccc2[nH]c1=O)c1ccc(O)cc1. The second-order valence-corrected chi connectivity index (χ2v) is 7.56. The Bertz CT molecular complexity index is 1450. The van der Waals surface area contributed by atoms with Gasteiger partial charge in [0, 0.05) is 32.6 Å². The van der Waals surface area contributed by atoms with Crippen LogP contribution in [-0.4, -0.2) is 21.1 Å². The number of phenolic OH excluding ortho intramolecular Hbond substituents is 2. The van der Waals surface area contributed by atoms with Crippen molar-refractivity contribution in [2.45, 2.75) is 6.18 Å². The van der Waals surface area contributed by atoms with Crippen molar-refractivity contribution < 1.29 is 28.2 Å². The highest BCUT2D eigenvalue weighted by Gasteiger charge is 2.31. The van der Waals surface area contributed by atoms with Gasteiger partial charge in [0.05, 0.1) is 5.56 Å². The number of aromatic amines is 1. The summed E-state index contributed by atoms with van der Waals surface area (Å²) >= 11 is 6.04. The zero-order chi connectivity index (χ0) is 23.9. The van der Waals surface area contributed by atoms with Crippen LogP contribution < -0.4 is 10.9 Å². The first-order valence-corrected chi connectivity index (χ1v) is 9.79. The summed E-state index contributed by atoms with van der Waals surface area (Å²) in [6.45, 7) is 0. The Morgan fingerprint density at radius 1 is 0.970 bits per heavy atom. The van der Waals surface area contributed by atoms with Crippen LogP contribution in [0.3, 0.4) is 0 Å². The minimum atomic E-state index is -4.67. The van der Waals surface area contributed by atoms with Crippen molar-refractivity contribution in [1.29, 1.82) is 0 Å². The number of aromatic nitrogens is 1. The molecule has 4 N–H and O–H groups in total. The number of anilines is 1. The topological polar surface area (TPSA) is 102 Å². The van der Waals surface area contributed by atoms with E-state index in [4.69, 9.17) is 11.6 Å². The number of alkyl halides is 3. The largest absolute Gasteiger partial charge is 0.508 e. The van der Waals surface area contributed by atoms with Crippen molar-refractivity contribution in [3.05, 3.63) is 87.2 Å². The molecule has 0 unspecified atom stereocenters. The summed E-state index contributed by atoms with van der Waals surface area (Å²) in [5, 5.41) is 22.3. The van der Waals surface area contributed by atoms with Gasteiger partial charge in [-0.15, -0.1) is 0 Å². The van der Waals surface area contributed by atoms with E-state index in [0.29, 0.717) is 0 Å². The van der Waals surface area contributed by atoms with E-state index in [-0.39, 0.29) is 49.8 Å². The first-order chi connectivity index (χ1) is 15.5. The summed E-state index contributed by atoms with van der Waals surface area (Å²) in [6.07, 6.45) is -4.67. The van der Waals surface area contributed by atoms with Crippen molar-refractivity contribution in [3.8, 4) is 22.6 Å². The smallest absolute Gasteiger partial charge is 0.416 e. The Labute approximate surface area is 188 Å². The zero-order valence-electron chi connectivity index (χ0n) is 16.5. The molecular formula is C23H14ClF3N2O4. The number of benzene rings is 3. The first kappa shape index (κ1) is 22.2. The molecule has 1 aromatic heterocycles. The van der Waals surface area contributed by atoms with E-state index >= 15 is 0 Å². The molecule has 168 valence electrons. The molecular weight excluding hydrogens is 461 g/mol. The third-order valence-electron chi connectivity index (χ3n) is 4.94. The van der Waals surface area contributed by atoms with Gasteiger partial charge in [-0.1, -0.05) is 11.6 Å². The molecule has 0 spiro atoms. The molecule has 0 aliphatic rings. The van der Waals surface area contributed by atoms with Gasteiger partial charge in [-0.25, -0.2) is 0 Å². The van der Waals surface area contributed by atoms with Gasteiger partial charge < -0.3 is 20.5 Å². The van der Waals surface area contributed by atoms with Gasteiger partial charge in [-0.2, -0.15) is 13.2 Å². The highest BCUT2D eigenvalue weighted by atomic mass is 35.5. The summed E-state index contributed by atoms with van der Waals surface area (Å²) in [6, 6.07) is 11.7. The molecule has 33 heavy (non-hydrogen) atoms. The van der Waals surface area contributed by atoms with Gasteiger partial charge in [0.25, 0.3) is 11.5 Å². The molecule has 3 aromatic carbocycles. The number of carbonyl (C=O) groups is 1. The van der Waals surface area contributed by atoms with Gasteiger partial charge in [0.2, 0.25) is 0 Å². The van der Waals surface area contributed by atoms with Crippen LogP contribution >= 0.6 is 11.6 Å². The van der Waals surface area contributed by atoms with Gasteiger partial charge in [-0.3, -0.25) is 9.59 Å². The average molecular weight is 475 g/mol. The molecule has 0 aliphatic carbocycles. The maximum atomic E-state index is 13.4. The summed E-state index contributed by atoms with van der Waals surface area (Å²) in [4.78, 5) is 28.1. The van der Waals surface area contributed by atoms with E-state index in [1.54, 1.807) is 0 Å². The standard InChI is InChI=1S/C23H14ClF3N2O4/c24-13-4-8-18(31)16(10-13)19-15-9-12(23(25,26)27)3-7-17(15)28-22(33)20(19)29-21(32)11-1-5-14(30)6-2-11/h1-10,30-31H,(H,28,33)(H,29,32). The van der Waals surface area contributed by atoms with Crippen LogP contribution in [0.15, 0.2) is 65.5 Å². The Morgan fingerprint density at radius 2 is 1.67 bits per heavy atom. The minimum absolute atomic E-state index is 0.0427. The molecule has 0 fully saturated rings. The maximum Gasteiger partial charge on any atom is 0.416 e. The lowest BCUT2D eigenvalue weighted by molar-refractivity contribution is -0.137. The fraction of sp³-hybridized carbons (Fsp3) is 0.0435. The van der Waals surface area contributed by atoms with Gasteiger partial charge in [0.15, 0.2) is 0 Å². The highest BCUT2D eigenvalue weighted by molar-refractivity contribution is 6.31. The van der Waals surface area contributed by atoms with E-state index in [9.17, 15) is 33.0 Å². The number of fused-ring (bicyclic) bond motifs is 1. The molecule has 0 saturated heterocycles. The zero-order valence-corrected chi connectivity index (χ0v) is 17.3.